The second kappa shape index (κ2) is 4.59. The largest absolute Gasteiger partial charge is 0.392 e. The van der Waals surface area contributed by atoms with Crippen LogP contribution in [0.2, 0.25) is 0 Å². The van der Waals surface area contributed by atoms with E-state index >= 15 is 0 Å². The highest BCUT2D eigenvalue weighted by Crippen LogP contribution is 2.28. The third-order valence-electron chi connectivity index (χ3n) is 3.13. The predicted molar refractivity (Wildman–Crippen MR) is 73.1 cm³/mol. The molecule has 1 N–H and O–H groups in total. The van der Waals surface area contributed by atoms with Crippen molar-refractivity contribution < 1.29 is 5.11 Å². The molecule has 2 aromatic carbocycles. The fourth-order valence-electron chi connectivity index (χ4n) is 2.16. The van der Waals surface area contributed by atoms with Crippen molar-refractivity contribution in [2.45, 2.75) is 6.61 Å². The predicted octanol–water partition coefficient (Wildman–Crippen LogP) is 3.39. The van der Waals surface area contributed by atoms with E-state index in [0.717, 1.165) is 16.5 Å². The topological polar surface area (TPSA) is 33.1 Å². The SMILES string of the molecule is OCc1ccc(-c2cccc3cnccc23)cc1. The Bertz CT molecular complexity index is 669. The minimum atomic E-state index is 0.0831. The summed E-state index contributed by atoms with van der Waals surface area (Å²) in [5, 5.41) is 11.4. The maximum Gasteiger partial charge on any atom is 0.0681 e. The van der Waals surface area contributed by atoms with Crippen molar-refractivity contribution in [2.24, 2.45) is 0 Å². The fourth-order valence-corrected chi connectivity index (χ4v) is 2.16. The Morgan fingerprint density at radius 3 is 2.56 bits per heavy atom. The molecule has 0 saturated heterocycles. The molecule has 2 nitrogen and oxygen atoms in total. The van der Waals surface area contributed by atoms with Crippen LogP contribution in [-0.2, 0) is 6.61 Å². The third-order valence-corrected chi connectivity index (χ3v) is 3.13. The van der Waals surface area contributed by atoms with Crippen LogP contribution < -0.4 is 0 Å². The van der Waals surface area contributed by atoms with E-state index < -0.39 is 0 Å². The molecule has 0 aliphatic carbocycles. The van der Waals surface area contributed by atoms with E-state index in [1.807, 2.05) is 48.8 Å². The molecule has 1 aromatic heterocycles. The van der Waals surface area contributed by atoms with Crippen LogP contribution in [0.1, 0.15) is 5.56 Å². The van der Waals surface area contributed by atoms with Gasteiger partial charge in [-0.2, -0.15) is 0 Å². The lowest BCUT2D eigenvalue weighted by Gasteiger charge is -2.07. The Labute approximate surface area is 106 Å². The van der Waals surface area contributed by atoms with Crippen molar-refractivity contribution in [1.82, 2.24) is 4.98 Å². The first kappa shape index (κ1) is 10.9. The molecule has 0 aliphatic rings. The molecule has 3 rings (SSSR count). The van der Waals surface area contributed by atoms with E-state index in [2.05, 4.69) is 17.1 Å². The molecule has 3 aromatic rings. The van der Waals surface area contributed by atoms with Crippen molar-refractivity contribution in [2.75, 3.05) is 0 Å². The second-order valence-corrected chi connectivity index (χ2v) is 4.26. The number of hydrogen-bond acceptors (Lipinski definition) is 2. The lowest BCUT2D eigenvalue weighted by molar-refractivity contribution is 0.282. The molecule has 0 radical (unpaired) electrons. The monoisotopic (exact) mass is 235 g/mol. The summed E-state index contributed by atoms with van der Waals surface area (Å²) in [4.78, 5) is 4.14. The molecule has 0 saturated carbocycles. The normalized spacial score (nSPS) is 10.7. The zero-order chi connectivity index (χ0) is 12.4. The summed E-state index contributed by atoms with van der Waals surface area (Å²) in [5.41, 5.74) is 3.28. The lowest BCUT2D eigenvalue weighted by atomic mass is 9.99. The second-order valence-electron chi connectivity index (χ2n) is 4.26. The summed E-state index contributed by atoms with van der Waals surface area (Å²) in [7, 11) is 0. The fraction of sp³-hybridized carbons (Fsp3) is 0.0625. The molecule has 0 fully saturated rings. The average Bonchev–Trinajstić information content (AvgIpc) is 2.47. The zero-order valence-corrected chi connectivity index (χ0v) is 9.88. The van der Waals surface area contributed by atoms with Crippen molar-refractivity contribution in [3.8, 4) is 11.1 Å². The van der Waals surface area contributed by atoms with Gasteiger partial charge in [0, 0.05) is 17.8 Å². The smallest absolute Gasteiger partial charge is 0.0681 e. The number of fused-ring (bicyclic) bond motifs is 1. The minimum absolute atomic E-state index is 0.0831. The molecule has 88 valence electrons. The Kier molecular flexibility index (Phi) is 2.79. The molecule has 18 heavy (non-hydrogen) atoms. The van der Waals surface area contributed by atoms with Crippen molar-refractivity contribution in [3.63, 3.8) is 0 Å². The maximum atomic E-state index is 9.06. The van der Waals surface area contributed by atoms with Crippen LogP contribution in [-0.4, -0.2) is 10.1 Å². The first-order valence-corrected chi connectivity index (χ1v) is 5.91. The van der Waals surface area contributed by atoms with Gasteiger partial charge in [-0.05, 0) is 28.1 Å². The third kappa shape index (κ3) is 1.87. The van der Waals surface area contributed by atoms with Crippen molar-refractivity contribution in [1.29, 1.82) is 0 Å². The van der Waals surface area contributed by atoms with E-state index in [4.69, 9.17) is 5.11 Å². The van der Waals surface area contributed by atoms with E-state index in [0.29, 0.717) is 0 Å². The van der Waals surface area contributed by atoms with Crippen LogP contribution >= 0.6 is 0 Å². The van der Waals surface area contributed by atoms with Gasteiger partial charge in [0.1, 0.15) is 0 Å². The van der Waals surface area contributed by atoms with Gasteiger partial charge >= 0.3 is 0 Å². The number of rotatable bonds is 2. The summed E-state index contributed by atoms with van der Waals surface area (Å²) in [6.45, 7) is 0.0831. The lowest BCUT2D eigenvalue weighted by Crippen LogP contribution is -1.85. The molecule has 0 bridgehead atoms. The molecule has 0 aliphatic heterocycles. The minimum Gasteiger partial charge on any atom is -0.392 e. The molecular weight excluding hydrogens is 222 g/mol. The Balaban J connectivity index is 2.18. The molecule has 2 heteroatoms. The summed E-state index contributed by atoms with van der Waals surface area (Å²) >= 11 is 0. The van der Waals surface area contributed by atoms with Gasteiger partial charge in [-0.15, -0.1) is 0 Å². The maximum absolute atomic E-state index is 9.06. The number of hydrogen-bond donors (Lipinski definition) is 1. The molecule has 0 unspecified atom stereocenters. The van der Waals surface area contributed by atoms with Gasteiger partial charge in [0.2, 0.25) is 0 Å². The van der Waals surface area contributed by atoms with E-state index in [1.165, 1.54) is 10.9 Å². The van der Waals surface area contributed by atoms with Gasteiger partial charge in [0.15, 0.2) is 0 Å². The number of benzene rings is 2. The van der Waals surface area contributed by atoms with Gasteiger partial charge in [-0.1, -0.05) is 42.5 Å². The number of aliphatic hydroxyl groups is 1. The summed E-state index contributed by atoms with van der Waals surface area (Å²) in [6.07, 6.45) is 3.69. The van der Waals surface area contributed by atoms with Gasteiger partial charge in [-0.3, -0.25) is 4.98 Å². The summed E-state index contributed by atoms with van der Waals surface area (Å²) in [5.74, 6) is 0. The Morgan fingerprint density at radius 2 is 1.78 bits per heavy atom. The highest BCUT2D eigenvalue weighted by Gasteiger charge is 2.03. The molecule has 0 spiro atoms. The van der Waals surface area contributed by atoms with Crippen LogP contribution in [0.15, 0.2) is 60.9 Å². The first-order chi connectivity index (χ1) is 8.88. The van der Waals surface area contributed by atoms with Crippen molar-refractivity contribution >= 4 is 10.8 Å². The quantitative estimate of drug-likeness (QED) is 0.738. The van der Waals surface area contributed by atoms with E-state index in [1.54, 1.807) is 0 Å². The van der Waals surface area contributed by atoms with Crippen LogP contribution in [0.25, 0.3) is 21.9 Å². The van der Waals surface area contributed by atoms with Crippen LogP contribution in [0, 0.1) is 0 Å². The van der Waals surface area contributed by atoms with Crippen LogP contribution in [0.3, 0.4) is 0 Å². The molecule has 1 heterocycles. The van der Waals surface area contributed by atoms with Gasteiger partial charge in [-0.25, -0.2) is 0 Å². The summed E-state index contributed by atoms with van der Waals surface area (Å²) < 4.78 is 0. The number of pyridine rings is 1. The van der Waals surface area contributed by atoms with Crippen LogP contribution in [0.4, 0.5) is 0 Å². The number of aliphatic hydroxyl groups excluding tert-OH is 1. The van der Waals surface area contributed by atoms with Crippen LogP contribution in [0.5, 0.6) is 0 Å². The Hall–Kier alpha value is -2.19. The highest BCUT2D eigenvalue weighted by atomic mass is 16.3. The molecule has 0 amide bonds. The average molecular weight is 235 g/mol. The van der Waals surface area contributed by atoms with Crippen molar-refractivity contribution in [3.05, 3.63) is 66.5 Å². The van der Waals surface area contributed by atoms with E-state index in [9.17, 15) is 0 Å². The molecule has 0 atom stereocenters. The number of nitrogens with zero attached hydrogens (tertiary/aromatic N) is 1. The van der Waals surface area contributed by atoms with Gasteiger partial charge < -0.3 is 5.11 Å². The highest BCUT2D eigenvalue weighted by molar-refractivity contribution is 5.96. The zero-order valence-electron chi connectivity index (χ0n) is 9.88. The van der Waals surface area contributed by atoms with E-state index in [-0.39, 0.29) is 6.61 Å². The first-order valence-electron chi connectivity index (χ1n) is 5.91. The molecular formula is C16H13NO. The summed E-state index contributed by atoms with van der Waals surface area (Å²) in [6, 6.07) is 16.2. The standard InChI is InChI=1S/C16H13NO/c18-11-12-4-6-13(7-5-12)15-3-1-2-14-10-17-9-8-16(14)15/h1-10,18H,11H2. The number of aromatic nitrogens is 1. The van der Waals surface area contributed by atoms with Gasteiger partial charge in [0.05, 0.1) is 6.61 Å². The van der Waals surface area contributed by atoms with Gasteiger partial charge in [0.25, 0.3) is 0 Å². The Morgan fingerprint density at radius 1 is 0.944 bits per heavy atom.